The van der Waals surface area contributed by atoms with Crippen LogP contribution in [0.2, 0.25) is 0 Å². The summed E-state index contributed by atoms with van der Waals surface area (Å²) in [7, 11) is -3.68. The average molecular weight is 363 g/mol. The van der Waals surface area contributed by atoms with Gasteiger partial charge in [-0.2, -0.15) is 0 Å². The Kier molecular flexibility index (Phi) is 4.57. The summed E-state index contributed by atoms with van der Waals surface area (Å²) in [6.07, 6.45) is 0.978. The van der Waals surface area contributed by atoms with Crippen LogP contribution in [-0.4, -0.2) is 25.7 Å². The Morgan fingerprint density at radius 3 is 2.12 bits per heavy atom. The van der Waals surface area contributed by atoms with Crippen molar-refractivity contribution in [2.45, 2.75) is 30.4 Å². The number of hydrogen-bond acceptors (Lipinski definition) is 4. The third-order valence-corrected chi connectivity index (χ3v) is 6.52. The van der Waals surface area contributed by atoms with Crippen LogP contribution in [0.15, 0.2) is 28.5 Å². The van der Waals surface area contributed by atoms with Crippen LogP contribution in [0.25, 0.3) is 16.0 Å². The number of hydrogen-bond donors (Lipinski definition) is 1. The third-order valence-electron chi connectivity index (χ3n) is 3.53. The van der Waals surface area contributed by atoms with Crippen LogP contribution in [0.5, 0.6) is 0 Å². The standard InChI is InChI=1S/C17H17NO4S2/c1-17(2,3)11-8-6-10(7-9-11)12-13(18-4)16(24(5,21)22)23-14(12)15(19)20/h6-9H,1-3,5H3,(H,19,20). The van der Waals surface area contributed by atoms with E-state index in [-0.39, 0.29) is 25.8 Å². The molecule has 24 heavy (non-hydrogen) atoms. The summed E-state index contributed by atoms with van der Waals surface area (Å²) < 4.78 is 23.6. The maximum absolute atomic E-state index is 11.9. The van der Waals surface area contributed by atoms with Crippen LogP contribution in [0.4, 0.5) is 5.69 Å². The van der Waals surface area contributed by atoms with Gasteiger partial charge >= 0.3 is 5.97 Å². The molecular weight excluding hydrogens is 346 g/mol. The first-order chi connectivity index (χ1) is 11.0. The normalized spacial score (nSPS) is 12.0. The largest absolute Gasteiger partial charge is 0.477 e. The van der Waals surface area contributed by atoms with Gasteiger partial charge in [0.05, 0.1) is 6.57 Å². The van der Waals surface area contributed by atoms with Gasteiger partial charge in [0.2, 0.25) is 5.69 Å². The van der Waals surface area contributed by atoms with Gasteiger partial charge in [-0.3, -0.25) is 0 Å². The second kappa shape index (κ2) is 6.04. The molecular formula is C17H17NO4S2. The topological polar surface area (TPSA) is 75.8 Å². The van der Waals surface area contributed by atoms with Crippen LogP contribution >= 0.6 is 11.3 Å². The van der Waals surface area contributed by atoms with E-state index in [1.54, 1.807) is 12.1 Å². The molecule has 0 unspecified atom stereocenters. The van der Waals surface area contributed by atoms with Crippen LogP contribution in [0.3, 0.4) is 0 Å². The molecule has 0 amide bonds. The van der Waals surface area contributed by atoms with Crippen LogP contribution in [0.1, 0.15) is 36.0 Å². The number of nitrogens with zero attached hydrogens (tertiary/aromatic N) is 1. The minimum absolute atomic E-state index is 0.0661. The maximum atomic E-state index is 11.9. The molecule has 0 aliphatic rings. The molecule has 126 valence electrons. The molecule has 2 aromatic rings. The number of sulfone groups is 1. The first-order valence-electron chi connectivity index (χ1n) is 7.05. The van der Waals surface area contributed by atoms with E-state index in [4.69, 9.17) is 6.57 Å². The number of aromatic carboxylic acids is 1. The lowest BCUT2D eigenvalue weighted by molar-refractivity contribution is 0.0703. The van der Waals surface area contributed by atoms with Crippen LogP contribution in [-0.2, 0) is 15.3 Å². The minimum Gasteiger partial charge on any atom is -0.477 e. The fourth-order valence-electron chi connectivity index (χ4n) is 2.31. The summed E-state index contributed by atoms with van der Waals surface area (Å²) in [4.78, 5) is 14.7. The van der Waals surface area contributed by atoms with Crippen LogP contribution < -0.4 is 0 Å². The number of carboxylic acids is 1. The van der Waals surface area contributed by atoms with E-state index in [0.29, 0.717) is 16.9 Å². The Morgan fingerprint density at radius 2 is 1.75 bits per heavy atom. The van der Waals surface area contributed by atoms with Gasteiger partial charge < -0.3 is 5.11 Å². The van der Waals surface area contributed by atoms with Crippen molar-refractivity contribution in [3.8, 4) is 11.1 Å². The fourth-order valence-corrected chi connectivity index (χ4v) is 4.50. The van der Waals surface area contributed by atoms with Gasteiger partial charge in [0.15, 0.2) is 9.84 Å². The number of carboxylic acid groups (broad SMARTS) is 1. The lowest BCUT2D eigenvalue weighted by Crippen LogP contribution is -2.10. The van der Waals surface area contributed by atoms with E-state index in [9.17, 15) is 18.3 Å². The third kappa shape index (κ3) is 3.35. The summed E-state index contributed by atoms with van der Waals surface area (Å²) in [5.41, 5.74) is 1.57. The summed E-state index contributed by atoms with van der Waals surface area (Å²) in [6.45, 7) is 13.5. The molecule has 0 aliphatic carbocycles. The molecule has 0 spiro atoms. The van der Waals surface area contributed by atoms with Crippen molar-refractivity contribution in [2.24, 2.45) is 0 Å². The molecule has 0 saturated heterocycles. The van der Waals surface area contributed by atoms with Crippen LogP contribution in [0, 0.1) is 6.57 Å². The molecule has 2 rings (SSSR count). The Bertz CT molecular complexity index is 940. The molecule has 5 nitrogen and oxygen atoms in total. The second-order valence-corrected chi connectivity index (χ2v) is 9.69. The highest BCUT2D eigenvalue weighted by atomic mass is 32.2. The molecule has 1 N–H and O–H groups in total. The molecule has 1 aromatic carbocycles. The van der Waals surface area contributed by atoms with Gasteiger partial charge in [-0.15, -0.1) is 11.3 Å². The zero-order chi connectivity index (χ0) is 18.3. The quantitative estimate of drug-likeness (QED) is 0.822. The Labute approximate surface area is 145 Å². The van der Waals surface area contributed by atoms with Crippen molar-refractivity contribution in [2.75, 3.05) is 6.26 Å². The highest BCUT2D eigenvalue weighted by Gasteiger charge is 2.28. The summed E-state index contributed by atoms with van der Waals surface area (Å²) in [5, 5.41) is 9.42. The van der Waals surface area contributed by atoms with E-state index < -0.39 is 15.8 Å². The van der Waals surface area contributed by atoms with Crippen molar-refractivity contribution < 1.29 is 18.3 Å². The maximum Gasteiger partial charge on any atom is 0.345 e. The second-order valence-electron chi connectivity index (χ2n) is 6.46. The molecule has 0 aliphatic heterocycles. The molecule has 0 saturated carbocycles. The fraction of sp³-hybridized carbons (Fsp3) is 0.294. The molecule has 0 radical (unpaired) electrons. The highest BCUT2D eigenvalue weighted by molar-refractivity contribution is 7.93. The van der Waals surface area contributed by atoms with E-state index >= 15 is 0 Å². The lowest BCUT2D eigenvalue weighted by atomic mass is 9.86. The monoisotopic (exact) mass is 363 g/mol. The van der Waals surface area contributed by atoms with Gasteiger partial charge in [-0.1, -0.05) is 45.0 Å². The molecule has 0 fully saturated rings. The summed E-state index contributed by atoms with van der Waals surface area (Å²) >= 11 is 0.629. The Balaban J connectivity index is 2.76. The molecule has 0 bridgehead atoms. The molecule has 0 atom stereocenters. The van der Waals surface area contributed by atoms with Gasteiger partial charge in [-0.05, 0) is 16.5 Å². The smallest absolute Gasteiger partial charge is 0.345 e. The molecule has 1 heterocycles. The van der Waals surface area contributed by atoms with Gasteiger partial charge in [0.25, 0.3) is 0 Å². The average Bonchev–Trinajstić information content (AvgIpc) is 2.86. The Hall–Kier alpha value is -2.17. The zero-order valence-corrected chi connectivity index (χ0v) is 15.4. The zero-order valence-electron chi connectivity index (χ0n) is 13.7. The van der Waals surface area contributed by atoms with E-state index in [1.165, 1.54) is 0 Å². The van der Waals surface area contributed by atoms with E-state index in [0.717, 1.165) is 11.8 Å². The highest BCUT2D eigenvalue weighted by Crippen LogP contribution is 2.45. The minimum atomic E-state index is -3.68. The first-order valence-corrected chi connectivity index (χ1v) is 9.76. The van der Waals surface area contributed by atoms with Gasteiger partial charge in [-0.25, -0.2) is 18.1 Å². The molecule has 1 aromatic heterocycles. The van der Waals surface area contributed by atoms with Gasteiger partial charge in [0.1, 0.15) is 9.09 Å². The lowest BCUT2D eigenvalue weighted by Gasteiger charge is -2.19. The van der Waals surface area contributed by atoms with E-state index in [2.05, 4.69) is 25.6 Å². The predicted octanol–water partition coefficient (Wildman–Crippen LogP) is 4.37. The van der Waals surface area contributed by atoms with Crippen molar-refractivity contribution in [1.82, 2.24) is 0 Å². The van der Waals surface area contributed by atoms with E-state index in [1.807, 2.05) is 12.1 Å². The summed E-state index contributed by atoms with van der Waals surface area (Å²) in [6, 6.07) is 7.20. The van der Waals surface area contributed by atoms with Gasteiger partial charge in [0, 0.05) is 11.8 Å². The first kappa shape index (κ1) is 18.2. The van der Waals surface area contributed by atoms with Crippen molar-refractivity contribution in [3.63, 3.8) is 0 Å². The SMILES string of the molecule is [C-]#[N+]c1c(S(C)(=O)=O)sc(C(=O)O)c1-c1ccc(C(C)(C)C)cc1. The van der Waals surface area contributed by atoms with Crippen molar-refractivity contribution in [1.29, 1.82) is 0 Å². The van der Waals surface area contributed by atoms with Crippen molar-refractivity contribution >= 4 is 32.8 Å². The number of rotatable bonds is 3. The Morgan fingerprint density at radius 1 is 1.21 bits per heavy atom. The predicted molar refractivity (Wildman–Crippen MR) is 94.8 cm³/mol. The number of benzene rings is 1. The van der Waals surface area contributed by atoms with Crippen molar-refractivity contribution in [3.05, 3.63) is 46.1 Å². The number of carbonyl (C=O) groups is 1. The summed E-state index contributed by atoms with van der Waals surface area (Å²) in [5.74, 6) is -1.24. The molecule has 7 heteroatoms. The number of thiophene rings is 1.